The number of hydrogen-bond donors (Lipinski definition) is 0. The molecule has 0 radical (unpaired) electrons. The van der Waals surface area contributed by atoms with E-state index in [0.29, 0.717) is 12.4 Å². The van der Waals surface area contributed by atoms with Gasteiger partial charge in [0.2, 0.25) is 0 Å². The van der Waals surface area contributed by atoms with Crippen LogP contribution in [-0.2, 0) is 13.2 Å². The van der Waals surface area contributed by atoms with Gasteiger partial charge in [0, 0.05) is 47.8 Å². The van der Waals surface area contributed by atoms with Crippen molar-refractivity contribution >= 4 is 23.3 Å². The lowest BCUT2D eigenvalue weighted by Crippen LogP contribution is -2.24. The summed E-state index contributed by atoms with van der Waals surface area (Å²) in [5.74, 6) is 0.543. The molecule has 1 fully saturated rings. The maximum Gasteiger partial charge on any atom is 0.258 e. The molecule has 1 aliphatic rings. The molecule has 0 spiro atoms. The van der Waals surface area contributed by atoms with Gasteiger partial charge in [-0.05, 0) is 56.3 Å². The number of fused-ring (bicyclic) bond motifs is 1. The number of halogens is 1. The zero-order chi connectivity index (χ0) is 21.0. The van der Waals surface area contributed by atoms with Crippen molar-refractivity contribution in [2.24, 2.45) is 0 Å². The Morgan fingerprint density at radius 2 is 1.88 bits per heavy atom. The molecule has 0 atom stereocenters. The molecule has 32 heavy (non-hydrogen) atoms. The topological polar surface area (TPSA) is 65.2 Å². The molecule has 4 heterocycles. The average Bonchev–Trinajstić information content (AvgIpc) is 3.46. The molecule has 1 aromatic carbocycles. The van der Waals surface area contributed by atoms with Crippen molar-refractivity contribution in [3.8, 4) is 11.4 Å². The Morgan fingerprint density at radius 3 is 2.66 bits per heavy atom. The second-order valence-corrected chi connectivity index (χ2v) is 7.88. The van der Waals surface area contributed by atoms with Gasteiger partial charge in [-0.2, -0.15) is 5.10 Å². The highest BCUT2D eigenvalue weighted by molar-refractivity contribution is 5.85. The number of ether oxygens (including phenoxy) is 1. The van der Waals surface area contributed by atoms with Crippen molar-refractivity contribution in [3.05, 3.63) is 83.2 Å². The van der Waals surface area contributed by atoms with E-state index >= 15 is 0 Å². The van der Waals surface area contributed by atoms with Gasteiger partial charge in [-0.25, -0.2) is 0 Å². The van der Waals surface area contributed by atoms with Crippen LogP contribution >= 0.6 is 12.4 Å². The monoisotopic (exact) mass is 451 g/mol. The molecule has 1 aliphatic heterocycles. The van der Waals surface area contributed by atoms with Crippen LogP contribution in [0.1, 0.15) is 18.4 Å². The van der Waals surface area contributed by atoms with Crippen molar-refractivity contribution < 1.29 is 4.74 Å². The van der Waals surface area contributed by atoms with Crippen molar-refractivity contribution in [2.45, 2.75) is 26.0 Å². The highest BCUT2D eigenvalue weighted by atomic mass is 35.5. The zero-order valence-electron chi connectivity index (χ0n) is 17.8. The zero-order valence-corrected chi connectivity index (χ0v) is 18.6. The van der Waals surface area contributed by atoms with Crippen LogP contribution in [0.5, 0.6) is 5.75 Å². The van der Waals surface area contributed by atoms with Crippen LogP contribution in [0.2, 0.25) is 0 Å². The van der Waals surface area contributed by atoms with Gasteiger partial charge < -0.3 is 9.64 Å². The maximum atomic E-state index is 12.7. The summed E-state index contributed by atoms with van der Waals surface area (Å²) in [4.78, 5) is 19.2. The van der Waals surface area contributed by atoms with Gasteiger partial charge in [-0.1, -0.05) is 6.07 Å². The Bertz CT molecular complexity index is 1230. The quantitative estimate of drug-likeness (QED) is 0.429. The van der Waals surface area contributed by atoms with Gasteiger partial charge in [0.25, 0.3) is 5.56 Å². The number of nitrogens with zero attached hydrogens (tertiary/aromatic N) is 5. The summed E-state index contributed by atoms with van der Waals surface area (Å²) in [7, 11) is 0. The van der Waals surface area contributed by atoms with Crippen molar-refractivity contribution in [1.29, 1.82) is 0 Å². The second kappa shape index (κ2) is 9.97. The largest absolute Gasteiger partial charge is 0.489 e. The predicted molar refractivity (Wildman–Crippen MR) is 127 cm³/mol. The molecule has 1 saturated heterocycles. The van der Waals surface area contributed by atoms with Gasteiger partial charge >= 0.3 is 0 Å². The van der Waals surface area contributed by atoms with E-state index in [4.69, 9.17) is 4.74 Å². The first kappa shape index (κ1) is 22.0. The lowest BCUT2D eigenvalue weighted by atomic mass is 10.2. The van der Waals surface area contributed by atoms with Crippen LogP contribution in [0.4, 0.5) is 0 Å². The predicted octanol–water partition coefficient (Wildman–Crippen LogP) is 3.68. The first-order valence-electron chi connectivity index (χ1n) is 10.7. The molecule has 0 N–H and O–H groups in total. The number of benzene rings is 1. The number of rotatable bonds is 7. The molecular weight excluding hydrogens is 426 g/mol. The lowest BCUT2D eigenvalue weighted by molar-refractivity contribution is 0.305. The lowest BCUT2D eigenvalue weighted by Gasteiger charge is -2.14. The van der Waals surface area contributed by atoms with E-state index in [1.54, 1.807) is 29.2 Å². The number of likely N-dealkylation sites (tertiary alicyclic amines) is 1. The summed E-state index contributed by atoms with van der Waals surface area (Å²) in [5, 5.41) is 5.59. The van der Waals surface area contributed by atoms with Crippen LogP contribution in [-0.4, -0.2) is 43.9 Å². The standard InChI is InChI=1S/C24H25N5O2.ClH/c30-24-15-22(31-18-19-4-3-8-25-16-19)7-11-28(24)21-5-6-23-20(14-21)17-26-29(23)13-12-27-9-1-2-10-27;/h3-8,11,14-17H,1-2,9-10,12-13,18H2;1H. The van der Waals surface area contributed by atoms with E-state index in [2.05, 4.69) is 19.7 Å². The Morgan fingerprint density at radius 1 is 1.00 bits per heavy atom. The third kappa shape index (κ3) is 4.84. The van der Waals surface area contributed by atoms with Crippen LogP contribution in [0.25, 0.3) is 16.6 Å². The van der Waals surface area contributed by atoms with Gasteiger partial charge in [0.05, 0.1) is 18.3 Å². The minimum Gasteiger partial charge on any atom is -0.489 e. The summed E-state index contributed by atoms with van der Waals surface area (Å²) in [5.41, 5.74) is 2.73. The van der Waals surface area contributed by atoms with E-state index in [1.807, 2.05) is 36.5 Å². The molecular formula is C24H26ClN5O2. The minimum atomic E-state index is -0.135. The van der Waals surface area contributed by atoms with Gasteiger partial charge in [0.15, 0.2) is 0 Å². The van der Waals surface area contributed by atoms with E-state index in [9.17, 15) is 4.79 Å². The fourth-order valence-corrected chi connectivity index (χ4v) is 4.06. The molecule has 0 aliphatic carbocycles. The molecule has 166 valence electrons. The third-order valence-corrected chi connectivity index (χ3v) is 5.75. The van der Waals surface area contributed by atoms with E-state index in [-0.39, 0.29) is 18.0 Å². The Labute approximate surface area is 192 Å². The first-order valence-corrected chi connectivity index (χ1v) is 10.7. The number of hydrogen-bond acceptors (Lipinski definition) is 5. The fraction of sp³-hybridized carbons (Fsp3) is 0.292. The first-order chi connectivity index (χ1) is 15.3. The second-order valence-electron chi connectivity index (χ2n) is 7.88. The maximum absolute atomic E-state index is 12.7. The summed E-state index contributed by atoms with van der Waals surface area (Å²) in [6.07, 6.45) is 9.69. The molecule has 5 rings (SSSR count). The van der Waals surface area contributed by atoms with E-state index < -0.39 is 0 Å². The molecule has 8 heteroatoms. The fourth-order valence-electron chi connectivity index (χ4n) is 4.06. The number of pyridine rings is 2. The Kier molecular flexibility index (Phi) is 6.87. The van der Waals surface area contributed by atoms with Gasteiger partial charge in [-0.15, -0.1) is 12.4 Å². The molecule has 0 unspecified atom stereocenters. The minimum absolute atomic E-state index is 0. The van der Waals surface area contributed by atoms with E-state index in [1.165, 1.54) is 32.0 Å². The smallest absolute Gasteiger partial charge is 0.258 e. The SMILES string of the molecule is Cl.O=c1cc(OCc2cccnc2)ccn1-c1ccc2c(cnn2CCN2CCCC2)c1. The normalized spacial score (nSPS) is 13.9. The Hall–Kier alpha value is -3.16. The van der Waals surface area contributed by atoms with Crippen LogP contribution in [0.3, 0.4) is 0 Å². The molecule has 0 amide bonds. The van der Waals surface area contributed by atoms with Crippen molar-refractivity contribution in [3.63, 3.8) is 0 Å². The molecule has 0 saturated carbocycles. The molecule has 4 aromatic rings. The third-order valence-electron chi connectivity index (χ3n) is 5.75. The molecule has 0 bridgehead atoms. The highest BCUT2D eigenvalue weighted by Gasteiger charge is 2.12. The van der Waals surface area contributed by atoms with Crippen LogP contribution in [0.15, 0.2) is 72.0 Å². The Balaban J connectivity index is 0.00000245. The number of aromatic nitrogens is 4. The summed E-state index contributed by atoms with van der Waals surface area (Å²) >= 11 is 0. The highest BCUT2D eigenvalue weighted by Crippen LogP contribution is 2.19. The van der Waals surface area contributed by atoms with Crippen LogP contribution in [0, 0.1) is 0 Å². The van der Waals surface area contributed by atoms with Crippen LogP contribution < -0.4 is 10.3 Å². The van der Waals surface area contributed by atoms with Gasteiger partial charge in [0.1, 0.15) is 12.4 Å². The summed E-state index contributed by atoms with van der Waals surface area (Å²) in [6, 6.07) is 13.1. The van der Waals surface area contributed by atoms with Gasteiger partial charge in [-0.3, -0.25) is 19.0 Å². The van der Waals surface area contributed by atoms with Crippen molar-refractivity contribution in [2.75, 3.05) is 19.6 Å². The molecule has 3 aromatic heterocycles. The summed E-state index contributed by atoms with van der Waals surface area (Å²) in [6.45, 7) is 4.66. The molecule has 7 nitrogen and oxygen atoms in total. The van der Waals surface area contributed by atoms with Crippen molar-refractivity contribution in [1.82, 2.24) is 24.2 Å². The average molecular weight is 452 g/mol. The summed E-state index contributed by atoms with van der Waals surface area (Å²) < 4.78 is 9.41. The van der Waals surface area contributed by atoms with E-state index in [0.717, 1.165) is 35.2 Å².